The van der Waals surface area contributed by atoms with Gasteiger partial charge < -0.3 is 10.5 Å². The van der Waals surface area contributed by atoms with Gasteiger partial charge in [0.1, 0.15) is 5.75 Å². The fraction of sp³-hybridized carbons (Fsp3) is 0.600. The fourth-order valence-electron chi connectivity index (χ4n) is 1.92. The smallest absolute Gasteiger partial charge is 0.124 e. The van der Waals surface area contributed by atoms with Crippen molar-refractivity contribution < 1.29 is 4.74 Å². The molecule has 104 valence electrons. The van der Waals surface area contributed by atoms with Crippen LogP contribution in [0.4, 0.5) is 0 Å². The van der Waals surface area contributed by atoms with Crippen molar-refractivity contribution in [3.05, 3.63) is 29.8 Å². The largest absolute Gasteiger partial charge is 0.491 e. The molecule has 0 saturated carbocycles. The summed E-state index contributed by atoms with van der Waals surface area (Å²) in [7, 11) is 0. The zero-order valence-corrected chi connectivity index (χ0v) is 12.5. The highest BCUT2D eigenvalue weighted by molar-refractivity contribution is 5.85. The number of hydrogen-bond acceptors (Lipinski definition) is 2. The van der Waals surface area contributed by atoms with Crippen LogP contribution in [0.3, 0.4) is 0 Å². The summed E-state index contributed by atoms with van der Waals surface area (Å²) >= 11 is 0. The molecule has 1 aromatic rings. The van der Waals surface area contributed by atoms with Crippen LogP contribution >= 0.6 is 12.4 Å². The predicted molar refractivity (Wildman–Crippen MR) is 80.5 cm³/mol. The van der Waals surface area contributed by atoms with Crippen LogP contribution in [-0.2, 0) is 0 Å². The molecule has 0 aliphatic heterocycles. The molecule has 0 bridgehead atoms. The first-order valence-electron chi connectivity index (χ1n) is 6.66. The van der Waals surface area contributed by atoms with Crippen molar-refractivity contribution in [1.82, 2.24) is 0 Å². The van der Waals surface area contributed by atoms with Gasteiger partial charge in [-0.05, 0) is 26.3 Å². The van der Waals surface area contributed by atoms with Crippen molar-refractivity contribution in [3.63, 3.8) is 0 Å². The third-order valence-corrected chi connectivity index (χ3v) is 2.80. The lowest BCUT2D eigenvalue weighted by Gasteiger charge is -2.18. The van der Waals surface area contributed by atoms with Gasteiger partial charge in [0.05, 0.1) is 6.10 Å². The number of hydrogen-bond donors (Lipinski definition) is 1. The molecule has 0 aliphatic rings. The van der Waals surface area contributed by atoms with Crippen molar-refractivity contribution in [1.29, 1.82) is 0 Å². The normalized spacial score (nSPS) is 12.1. The lowest BCUT2D eigenvalue weighted by atomic mass is 10.0. The Hall–Kier alpha value is -0.730. The van der Waals surface area contributed by atoms with Gasteiger partial charge in [0.25, 0.3) is 0 Å². The number of halogens is 1. The number of benzene rings is 1. The molecule has 2 nitrogen and oxygen atoms in total. The molecule has 0 saturated heterocycles. The molecular formula is C15H26ClNO. The Labute approximate surface area is 117 Å². The van der Waals surface area contributed by atoms with E-state index in [1.54, 1.807) is 0 Å². The van der Waals surface area contributed by atoms with Crippen molar-refractivity contribution in [2.45, 2.75) is 58.6 Å². The number of unbranched alkanes of at least 4 members (excludes halogenated alkanes) is 2. The minimum atomic E-state index is 0. The third-order valence-electron chi connectivity index (χ3n) is 2.80. The SMILES string of the molecule is CCCCC[C@H](N)c1ccccc1OC(C)C.Cl. The maximum absolute atomic E-state index is 6.23. The Morgan fingerprint density at radius 3 is 2.44 bits per heavy atom. The van der Waals surface area contributed by atoms with E-state index in [2.05, 4.69) is 13.0 Å². The zero-order valence-electron chi connectivity index (χ0n) is 11.7. The highest BCUT2D eigenvalue weighted by Gasteiger charge is 2.12. The molecule has 0 unspecified atom stereocenters. The standard InChI is InChI=1S/C15H25NO.ClH/c1-4-5-6-10-14(16)13-9-7-8-11-15(13)17-12(2)3;/h7-9,11-12,14H,4-6,10,16H2,1-3H3;1H/t14-;/m0./s1. The molecule has 1 rings (SSSR count). The van der Waals surface area contributed by atoms with Gasteiger partial charge in [-0.2, -0.15) is 0 Å². The van der Waals surface area contributed by atoms with E-state index in [0.717, 1.165) is 17.7 Å². The number of para-hydroxylation sites is 1. The van der Waals surface area contributed by atoms with Crippen LogP contribution < -0.4 is 10.5 Å². The highest BCUT2D eigenvalue weighted by Crippen LogP contribution is 2.27. The van der Waals surface area contributed by atoms with Gasteiger partial charge in [0.15, 0.2) is 0 Å². The maximum Gasteiger partial charge on any atom is 0.124 e. The molecule has 2 N–H and O–H groups in total. The first-order chi connectivity index (χ1) is 8.15. The van der Waals surface area contributed by atoms with Crippen LogP contribution in [-0.4, -0.2) is 6.10 Å². The van der Waals surface area contributed by atoms with E-state index in [1.165, 1.54) is 19.3 Å². The van der Waals surface area contributed by atoms with E-state index in [9.17, 15) is 0 Å². The van der Waals surface area contributed by atoms with Crippen molar-refractivity contribution in [2.75, 3.05) is 0 Å². The predicted octanol–water partition coefficient (Wildman–Crippen LogP) is 4.48. The monoisotopic (exact) mass is 271 g/mol. The molecule has 0 aliphatic carbocycles. The van der Waals surface area contributed by atoms with Crippen LogP contribution in [0.5, 0.6) is 5.75 Å². The molecule has 0 aromatic heterocycles. The van der Waals surface area contributed by atoms with E-state index in [4.69, 9.17) is 10.5 Å². The van der Waals surface area contributed by atoms with Gasteiger partial charge in [-0.1, -0.05) is 44.4 Å². The molecule has 18 heavy (non-hydrogen) atoms. The number of nitrogens with two attached hydrogens (primary N) is 1. The Kier molecular flexibility index (Phi) is 8.86. The van der Waals surface area contributed by atoms with Gasteiger partial charge in [0, 0.05) is 11.6 Å². The van der Waals surface area contributed by atoms with Crippen LogP contribution in [0.1, 0.15) is 58.1 Å². The lowest BCUT2D eigenvalue weighted by molar-refractivity contribution is 0.238. The molecular weight excluding hydrogens is 246 g/mol. The Morgan fingerprint density at radius 1 is 1.17 bits per heavy atom. The summed E-state index contributed by atoms with van der Waals surface area (Å²) in [4.78, 5) is 0. The molecule has 1 atom stereocenters. The quantitative estimate of drug-likeness (QED) is 0.743. The van der Waals surface area contributed by atoms with Gasteiger partial charge in [-0.15, -0.1) is 12.4 Å². The summed E-state index contributed by atoms with van der Waals surface area (Å²) in [5.74, 6) is 0.937. The molecule has 0 heterocycles. The van der Waals surface area contributed by atoms with E-state index < -0.39 is 0 Å². The van der Waals surface area contributed by atoms with Crippen LogP contribution in [0.2, 0.25) is 0 Å². The lowest BCUT2D eigenvalue weighted by Crippen LogP contribution is -2.14. The van der Waals surface area contributed by atoms with E-state index in [0.29, 0.717) is 0 Å². The fourth-order valence-corrected chi connectivity index (χ4v) is 1.92. The number of ether oxygens (including phenoxy) is 1. The van der Waals surface area contributed by atoms with Crippen LogP contribution in [0.15, 0.2) is 24.3 Å². The van der Waals surface area contributed by atoms with Gasteiger partial charge in [0.2, 0.25) is 0 Å². The summed E-state index contributed by atoms with van der Waals surface area (Å²) in [6.07, 6.45) is 4.90. The second-order valence-electron chi connectivity index (χ2n) is 4.81. The molecule has 1 aromatic carbocycles. The first kappa shape index (κ1) is 17.3. The van der Waals surface area contributed by atoms with Crippen molar-refractivity contribution >= 4 is 12.4 Å². The van der Waals surface area contributed by atoms with Crippen LogP contribution in [0.25, 0.3) is 0 Å². The summed E-state index contributed by atoms with van der Waals surface area (Å²) < 4.78 is 5.79. The van der Waals surface area contributed by atoms with Crippen molar-refractivity contribution in [3.8, 4) is 5.75 Å². The Morgan fingerprint density at radius 2 is 1.83 bits per heavy atom. The highest BCUT2D eigenvalue weighted by atomic mass is 35.5. The topological polar surface area (TPSA) is 35.2 Å². The Balaban J connectivity index is 0.00000289. The summed E-state index contributed by atoms with van der Waals surface area (Å²) in [5.41, 5.74) is 7.37. The number of rotatable bonds is 7. The molecule has 0 amide bonds. The molecule has 0 radical (unpaired) electrons. The van der Waals surface area contributed by atoms with Crippen LogP contribution in [0, 0.1) is 0 Å². The molecule has 3 heteroatoms. The summed E-state index contributed by atoms with van der Waals surface area (Å²) in [5, 5.41) is 0. The minimum absolute atomic E-state index is 0. The second kappa shape index (κ2) is 9.23. The summed E-state index contributed by atoms with van der Waals surface area (Å²) in [6.45, 7) is 6.29. The first-order valence-corrected chi connectivity index (χ1v) is 6.66. The van der Waals surface area contributed by atoms with E-state index in [-0.39, 0.29) is 24.6 Å². The zero-order chi connectivity index (χ0) is 12.7. The van der Waals surface area contributed by atoms with E-state index >= 15 is 0 Å². The van der Waals surface area contributed by atoms with E-state index in [1.807, 2.05) is 32.0 Å². The third kappa shape index (κ3) is 5.74. The maximum atomic E-state index is 6.23. The average Bonchev–Trinajstić information content (AvgIpc) is 2.29. The second-order valence-corrected chi connectivity index (χ2v) is 4.81. The molecule has 0 spiro atoms. The van der Waals surface area contributed by atoms with Gasteiger partial charge >= 0.3 is 0 Å². The van der Waals surface area contributed by atoms with Gasteiger partial charge in [-0.3, -0.25) is 0 Å². The average molecular weight is 272 g/mol. The minimum Gasteiger partial charge on any atom is -0.491 e. The Bertz CT molecular complexity index is 328. The van der Waals surface area contributed by atoms with Crippen molar-refractivity contribution in [2.24, 2.45) is 5.73 Å². The summed E-state index contributed by atoms with van der Waals surface area (Å²) in [6, 6.07) is 8.21. The molecule has 0 fully saturated rings. The van der Waals surface area contributed by atoms with Gasteiger partial charge in [-0.25, -0.2) is 0 Å².